The molecule has 1 aromatic carbocycles. The minimum absolute atomic E-state index is 0.0580. The average Bonchev–Trinajstić information content (AvgIpc) is 2.64. The van der Waals surface area contributed by atoms with E-state index < -0.39 is 0 Å². The van der Waals surface area contributed by atoms with Crippen molar-refractivity contribution in [2.75, 3.05) is 14.1 Å². The monoisotopic (exact) mass is 259 g/mol. The van der Waals surface area contributed by atoms with Crippen molar-refractivity contribution >= 4 is 16.8 Å². The van der Waals surface area contributed by atoms with Gasteiger partial charge in [-0.05, 0) is 23.1 Å². The van der Waals surface area contributed by atoms with Gasteiger partial charge in [0.25, 0.3) is 5.91 Å². The van der Waals surface area contributed by atoms with Crippen LogP contribution >= 0.6 is 0 Å². The number of hydrogen-bond donors (Lipinski definition) is 0. The Kier molecular flexibility index (Phi) is 3.12. The van der Waals surface area contributed by atoms with Crippen LogP contribution < -0.4 is 0 Å². The molecule has 0 aliphatic rings. The number of benzene rings is 1. The van der Waals surface area contributed by atoms with Crippen LogP contribution in [0.4, 0.5) is 0 Å². The van der Waals surface area contributed by atoms with E-state index in [1.807, 2.05) is 13.1 Å². The normalized spacial score (nSPS) is 11.9. The summed E-state index contributed by atoms with van der Waals surface area (Å²) in [6.07, 6.45) is 0. The van der Waals surface area contributed by atoms with Crippen LogP contribution in [0.15, 0.2) is 18.2 Å². The third-order valence-corrected chi connectivity index (χ3v) is 3.33. The smallest absolute Gasteiger partial charge is 0.274 e. The zero-order chi connectivity index (χ0) is 14.4. The minimum Gasteiger partial charge on any atom is -0.343 e. The van der Waals surface area contributed by atoms with Gasteiger partial charge in [0.05, 0.1) is 5.52 Å². The third-order valence-electron chi connectivity index (χ3n) is 3.33. The number of carbonyl (C=O) groups is 1. The lowest BCUT2D eigenvalue weighted by Gasteiger charge is -2.19. The van der Waals surface area contributed by atoms with E-state index >= 15 is 0 Å². The molecule has 1 heterocycles. The molecule has 0 unspecified atom stereocenters. The number of amides is 1. The molecule has 2 aromatic rings. The SMILES string of the molecule is CN(C)C(=O)c1nn(C)c2ccc(C(C)(C)C)cc12. The Morgan fingerprint density at radius 3 is 2.42 bits per heavy atom. The third kappa shape index (κ3) is 2.35. The molecule has 4 heteroatoms. The van der Waals surface area contributed by atoms with Crippen molar-refractivity contribution in [1.82, 2.24) is 14.7 Å². The first-order valence-electron chi connectivity index (χ1n) is 6.40. The molecule has 2 rings (SSSR count). The van der Waals surface area contributed by atoms with Gasteiger partial charge in [0.1, 0.15) is 0 Å². The molecule has 1 amide bonds. The molecule has 0 saturated carbocycles. The lowest BCUT2D eigenvalue weighted by molar-refractivity contribution is 0.0823. The van der Waals surface area contributed by atoms with E-state index in [0.29, 0.717) is 5.69 Å². The molecule has 0 N–H and O–H groups in total. The van der Waals surface area contributed by atoms with Crippen LogP contribution in [0.25, 0.3) is 10.9 Å². The Balaban J connectivity index is 2.69. The molecule has 102 valence electrons. The Hall–Kier alpha value is -1.84. The van der Waals surface area contributed by atoms with E-state index in [4.69, 9.17) is 0 Å². The van der Waals surface area contributed by atoms with E-state index in [9.17, 15) is 4.79 Å². The number of aryl methyl sites for hydroxylation is 1. The minimum atomic E-state index is -0.0586. The number of rotatable bonds is 1. The van der Waals surface area contributed by atoms with Gasteiger partial charge in [0, 0.05) is 26.5 Å². The topological polar surface area (TPSA) is 38.1 Å². The Morgan fingerprint density at radius 2 is 1.89 bits per heavy atom. The summed E-state index contributed by atoms with van der Waals surface area (Å²) in [5.41, 5.74) is 2.77. The van der Waals surface area contributed by atoms with E-state index in [1.165, 1.54) is 5.56 Å². The van der Waals surface area contributed by atoms with Crippen molar-refractivity contribution in [3.8, 4) is 0 Å². The Labute approximate surface area is 114 Å². The van der Waals surface area contributed by atoms with Crippen molar-refractivity contribution in [3.05, 3.63) is 29.5 Å². The Bertz CT molecular complexity index is 633. The summed E-state index contributed by atoms with van der Waals surface area (Å²) in [7, 11) is 5.36. The first kappa shape index (κ1) is 13.6. The van der Waals surface area contributed by atoms with E-state index in [0.717, 1.165) is 10.9 Å². The molecular weight excluding hydrogens is 238 g/mol. The Morgan fingerprint density at radius 1 is 1.26 bits per heavy atom. The van der Waals surface area contributed by atoms with Crippen LogP contribution in [0.2, 0.25) is 0 Å². The summed E-state index contributed by atoms with van der Waals surface area (Å²) < 4.78 is 1.76. The summed E-state index contributed by atoms with van der Waals surface area (Å²) >= 11 is 0. The fourth-order valence-corrected chi connectivity index (χ4v) is 2.10. The number of aromatic nitrogens is 2. The van der Waals surface area contributed by atoms with Crippen LogP contribution in [-0.4, -0.2) is 34.7 Å². The van der Waals surface area contributed by atoms with E-state index in [2.05, 4.69) is 38.0 Å². The summed E-state index contributed by atoms with van der Waals surface area (Å²) in [4.78, 5) is 13.7. The van der Waals surface area contributed by atoms with Gasteiger partial charge in [0.15, 0.2) is 5.69 Å². The molecule has 0 bridgehead atoms. The summed E-state index contributed by atoms with van der Waals surface area (Å²) in [5.74, 6) is -0.0586. The van der Waals surface area contributed by atoms with Crippen LogP contribution in [0, 0.1) is 0 Å². The molecular formula is C15H21N3O. The first-order valence-corrected chi connectivity index (χ1v) is 6.40. The zero-order valence-corrected chi connectivity index (χ0v) is 12.5. The quantitative estimate of drug-likeness (QED) is 0.789. The molecule has 0 aliphatic heterocycles. The standard InChI is InChI=1S/C15H21N3O/c1-15(2,3)10-7-8-12-11(9-10)13(16-18(12)6)14(19)17(4)5/h7-9H,1-6H3. The zero-order valence-electron chi connectivity index (χ0n) is 12.5. The number of fused-ring (bicyclic) bond motifs is 1. The van der Waals surface area contributed by atoms with Gasteiger partial charge in [-0.2, -0.15) is 5.10 Å². The van der Waals surface area contributed by atoms with Gasteiger partial charge in [-0.3, -0.25) is 9.48 Å². The van der Waals surface area contributed by atoms with Crippen molar-refractivity contribution in [1.29, 1.82) is 0 Å². The second-order valence-electron chi connectivity index (χ2n) is 6.15. The van der Waals surface area contributed by atoms with Gasteiger partial charge in [0.2, 0.25) is 0 Å². The van der Waals surface area contributed by atoms with Crippen LogP contribution in [-0.2, 0) is 12.5 Å². The first-order chi connectivity index (χ1) is 8.71. The van der Waals surface area contributed by atoms with Crippen molar-refractivity contribution < 1.29 is 4.79 Å². The van der Waals surface area contributed by atoms with Crippen molar-refractivity contribution in [2.45, 2.75) is 26.2 Å². The van der Waals surface area contributed by atoms with Crippen LogP contribution in [0.3, 0.4) is 0 Å². The van der Waals surface area contributed by atoms with Gasteiger partial charge in [-0.25, -0.2) is 0 Å². The maximum atomic E-state index is 12.2. The maximum absolute atomic E-state index is 12.2. The second kappa shape index (κ2) is 4.37. The highest BCUT2D eigenvalue weighted by molar-refractivity contribution is 6.04. The van der Waals surface area contributed by atoms with Crippen LogP contribution in [0.1, 0.15) is 36.8 Å². The largest absolute Gasteiger partial charge is 0.343 e. The molecule has 0 saturated heterocycles. The average molecular weight is 259 g/mol. The van der Waals surface area contributed by atoms with E-state index in [1.54, 1.807) is 23.7 Å². The highest BCUT2D eigenvalue weighted by atomic mass is 16.2. The molecule has 1 aromatic heterocycles. The summed E-state index contributed by atoms with van der Waals surface area (Å²) in [6.45, 7) is 6.49. The van der Waals surface area contributed by atoms with Crippen molar-refractivity contribution in [2.24, 2.45) is 7.05 Å². The highest BCUT2D eigenvalue weighted by Gasteiger charge is 2.20. The lowest BCUT2D eigenvalue weighted by Crippen LogP contribution is -2.22. The predicted molar refractivity (Wildman–Crippen MR) is 77.4 cm³/mol. The molecule has 0 aliphatic carbocycles. The van der Waals surface area contributed by atoms with E-state index in [-0.39, 0.29) is 11.3 Å². The molecule has 0 radical (unpaired) electrons. The second-order valence-corrected chi connectivity index (χ2v) is 6.15. The number of nitrogens with zero attached hydrogens (tertiary/aromatic N) is 3. The predicted octanol–water partition coefficient (Wildman–Crippen LogP) is 2.57. The fourth-order valence-electron chi connectivity index (χ4n) is 2.10. The lowest BCUT2D eigenvalue weighted by atomic mass is 9.86. The number of carbonyl (C=O) groups excluding carboxylic acids is 1. The summed E-state index contributed by atoms with van der Waals surface area (Å²) in [6, 6.07) is 6.22. The fraction of sp³-hybridized carbons (Fsp3) is 0.467. The number of hydrogen-bond acceptors (Lipinski definition) is 2. The maximum Gasteiger partial charge on any atom is 0.274 e. The van der Waals surface area contributed by atoms with Crippen LogP contribution in [0.5, 0.6) is 0 Å². The van der Waals surface area contributed by atoms with Gasteiger partial charge in [-0.15, -0.1) is 0 Å². The van der Waals surface area contributed by atoms with Crippen molar-refractivity contribution in [3.63, 3.8) is 0 Å². The molecule has 0 atom stereocenters. The van der Waals surface area contributed by atoms with Gasteiger partial charge >= 0.3 is 0 Å². The molecule has 4 nitrogen and oxygen atoms in total. The van der Waals surface area contributed by atoms with Gasteiger partial charge in [-0.1, -0.05) is 26.8 Å². The molecule has 19 heavy (non-hydrogen) atoms. The highest BCUT2D eigenvalue weighted by Crippen LogP contribution is 2.27. The molecule has 0 spiro atoms. The summed E-state index contributed by atoms with van der Waals surface area (Å²) in [5, 5.41) is 5.28. The molecule has 0 fully saturated rings. The van der Waals surface area contributed by atoms with Gasteiger partial charge < -0.3 is 4.90 Å².